The van der Waals surface area contributed by atoms with Crippen LogP contribution in [0.4, 0.5) is 0 Å². The number of nitrogens with zero attached hydrogens (tertiary/aromatic N) is 1. The molecule has 6 nitrogen and oxygen atoms in total. The average Bonchev–Trinajstić information content (AvgIpc) is 2.74. The van der Waals surface area contributed by atoms with Gasteiger partial charge in [0, 0.05) is 18.7 Å². The van der Waals surface area contributed by atoms with Gasteiger partial charge in [0.15, 0.2) is 11.5 Å². The Hall–Kier alpha value is -2.35. The SMILES string of the molecule is COc1ccc(C(=O)Oc2ccc(C(=S)N3CCOCC3)cc2Cl)cc1OC. The highest BCUT2D eigenvalue weighted by molar-refractivity contribution is 7.80. The Balaban J connectivity index is 1.74. The minimum atomic E-state index is -0.550. The Morgan fingerprint density at radius 1 is 1.00 bits per heavy atom. The van der Waals surface area contributed by atoms with E-state index in [2.05, 4.69) is 4.90 Å². The average molecular weight is 422 g/mol. The van der Waals surface area contributed by atoms with Crippen LogP contribution >= 0.6 is 23.8 Å². The highest BCUT2D eigenvalue weighted by Gasteiger charge is 2.18. The summed E-state index contributed by atoms with van der Waals surface area (Å²) in [5.74, 6) is 0.675. The van der Waals surface area contributed by atoms with E-state index in [1.54, 1.807) is 36.4 Å². The molecule has 1 aliphatic rings. The van der Waals surface area contributed by atoms with Crippen LogP contribution in [0.1, 0.15) is 15.9 Å². The van der Waals surface area contributed by atoms with Gasteiger partial charge in [0.2, 0.25) is 0 Å². The van der Waals surface area contributed by atoms with Crippen molar-refractivity contribution in [2.75, 3.05) is 40.5 Å². The molecule has 8 heteroatoms. The first-order valence-corrected chi connectivity index (χ1v) is 9.43. The van der Waals surface area contributed by atoms with E-state index >= 15 is 0 Å². The molecule has 28 heavy (non-hydrogen) atoms. The predicted octanol–water partition coefficient (Wildman–Crippen LogP) is 3.58. The van der Waals surface area contributed by atoms with E-state index in [-0.39, 0.29) is 5.75 Å². The van der Waals surface area contributed by atoms with Gasteiger partial charge < -0.3 is 23.8 Å². The number of hydrogen-bond acceptors (Lipinski definition) is 6. The highest BCUT2D eigenvalue weighted by Crippen LogP contribution is 2.30. The van der Waals surface area contributed by atoms with Crippen molar-refractivity contribution in [3.63, 3.8) is 0 Å². The number of thiocarbonyl (C=S) groups is 1. The lowest BCUT2D eigenvalue weighted by Crippen LogP contribution is -2.40. The molecule has 0 aliphatic carbocycles. The Labute approximate surface area is 173 Å². The lowest BCUT2D eigenvalue weighted by Gasteiger charge is -2.29. The topological polar surface area (TPSA) is 57.2 Å². The molecular formula is C20H20ClNO5S. The van der Waals surface area contributed by atoms with Crippen molar-refractivity contribution in [1.29, 1.82) is 0 Å². The van der Waals surface area contributed by atoms with Crippen molar-refractivity contribution < 1.29 is 23.7 Å². The predicted molar refractivity (Wildman–Crippen MR) is 110 cm³/mol. The summed E-state index contributed by atoms with van der Waals surface area (Å²) in [7, 11) is 3.03. The summed E-state index contributed by atoms with van der Waals surface area (Å²) < 4.78 is 21.2. The number of benzene rings is 2. The molecule has 1 aliphatic heterocycles. The molecule has 2 aromatic carbocycles. The van der Waals surface area contributed by atoms with E-state index in [4.69, 9.17) is 42.8 Å². The summed E-state index contributed by atoms with van der Waals surface area (Å²) in [5.41, 5.74) is 1.12. The fraction of sp³-hybridized carbons (Fsp3) is 0.300. The second-order valence-electron chi connectivity index (χ2n) is 6.01. The summed E-state index contributed by atoms with van der Waals surface area (Å²) >= 11 is 11.9. The Bertz CT molecular complexity index is 883. The van der Waals surface area contributed by atoms with Crippen LogP contribution in [0, 0.1) is 0 Å². The summed E-state index contributed by atoms with van der Waals surface area (Å²) in [4.78, 5) is 15.2. The van der Waals surface area contributed by atoms with Gasteiger partial charge in [-0.1, -0.05) is 23.8 Å². The zero-order chi connectivity index (χ0) is 20.1. The van der Waals surface area contributed by atoms with Crippen molar-refractivity contribution in [3.05, 3.63) is 52.5 Å². The fourth-order valence-electron chi connectivity index (χ4n) is 2.79. The van der Waals surface area contributed by atoms with Crippen molar-refractivity contribution >= 4 is 34.8 Å². The summed E-state index contributed by atoms with van der Waals surface area (Å²) in [6.07, 6.45) is 0. The third-order valence-corrected chi connectivity index (χ3v) is 5.09. The monoisotopic (exact) mass is 421 g/mol. The van der Waals surface area contributed by atoms with Gasteiger partial charge in [0.1, 0.15) is 10.7 Å². The Kier molecular flexibility index (Phi) is 6.72. The van der Waals surface area contributed by atoms with Gasteiger partial charge in [0.25, 0.3) is 0 Å². The van der Waals surface area contributed by atoms with Crippen molar-refractivity contribution in [1.82, 2.24) is 4.90 Å². The molecule has 1 fully saturated rings. The number of methoxy groups -OCH3 is 2. The Morgan fingerprint density at radius 2 is 1.64 bits per heavy atom. The molecule has 0 aromatic heterocycles. The number of rotatable bonds is 5. The molecule has 2 aromatic rings. The molecule has 0 amide bonds. The fourth-order valence-corrected chi connectivity index (χ4v) is 3.32. The van der Waals surface area contributed by atoms with Crippen LogP contribution in [0.2, 0.25) is 5.02 Å². The number of hydrogen-bond donors (Lipinski definition) is 0. The van der Waals surface area contributed by atoms with Crippen LogP contribution in [0.3, 0.4) is 0 Å². The van der Waals surface area contributed by atoms with Crippen LogP contribution in [0.15, 0.2) is 36.4 Å². The van der Waals surface area contributed by atoms with Gasteiger partial charge in [0.05, 0.1) is 38.0 Å². The van der Waals surface area contributed by atoms with E-state index in [9.17, 15) is 4.79 Å². The van der Waals surface area contributed by atoms with E-state index < -0.39 is 5.97 Å². The molecular weight excluding hydrogens is 402 g/mol. The van der Waals surface area contributed by atoms with Gasteiger partial charge in [-0.25, -0.2) is 4.79 Å². The standard InChI is InChI=1S/C20H20ClNO5S/c1-24-17-6-4-14(12-18(17)25-2)20(23)27-16-5-3-13(11-15(16)21)19(28)22-7-9-26-10-8-22/h3-6,11-12H,7-10H2,1-2H3. The summed E-state index contributed by atoms with van der Waals surface area (Å²) in [6, 6.07) is 9.93. The molecule has 0 bridgehead atoms. The maximum absolute atomic E-state index is 12.5. The highest BCUT2D eigenvalue weighted by atomic mass is 35.5. The van der Waals surface area contributed by atoms with Gasteiger partial charge >= 0.3 is 5.97 Å². The number of esters is 1. The number of carbonyl (C=O) groups excluding carboxylic acids is 1. The molecule has 148 valence electrons. The minimum Gasteiger partial charge on any atom is -0.493 e. The number of carbonyl (C=O) groups is 1. The normalized spacial score (nSPS) is 13.8. The van der Waals surface area contributed by atoms with Gasteiger partial charge in [-0.05, 0) is 36.4 Å². The number of morpholine rings is 1. The van der Waals surface area contributed by atoms with Crippen molar-refractivity contribution in [2.24, 2.45) is 0 Å². The molecule has 0 atom stereocenters. The molecule has 1 heterocycles. The number of halogens is 1. The molecule has 0 spiro atoms. The van der Waals surface area contributed by atoms with Crippen LogP contribution in [0.25, 0.3) is 0 Å². The van der Waals surface area contributed by atoms with Gasteiger partial charge in [-0.15, -0.1) is 0 Å². The summed E-state index contributed by atoms with van der Waals surface area (Å²) in [5, 5.41) is 0.307. The van der Waals surface area contributed by atoms with Crippen LogP contribution in [0.5, 0.6) is 17.2 Å². The quantitative estimate of drug-likeness (QED) is 0.415. The third-order valence-electron chi connectivity index (χ3n) is 4.30. The van der Waals surface area contributed by atoms with Crippen LogP contribution < -0.4 is 14.2 Å². The maximum Gasteiger partial charge on any atom is 0.343 e. The second kappa shape index (κ2) is 9.23. The zero-order valence-electron chi connectivity index (χ0n) is 15.6. The minimum absolute atomic E-state index is 0.259. The lowest BCUT2D eigenvalue weighted by molar-refractivity contribution is 0.0692. The molecule has 0 saturated carbocycles. The molecule has 3 rings (SSSR count). The van der Waals surface area contributed by atoms with E-state index in [1.807, 2.05) is 0 Å². The first-order valence-electron chi connectivity index (χ1n) is 8.64. The maximum atomic E-state index is 12.5. The van der Waals surface area contributed by atoms with Gasteiger partial charge in [-0.3, -0.25) is 0 Å². The lowest BCUT2D eigenvalue weighted by atomic mass is 10.2. The zero-order valence-corrected chi connectivity index (χ0v) is 17.1. The first kappa shape index (κ1) is 20.4. The molecule has 0 N–H and O–H groups in total. The number of ether oxygens (including phenoxy) is 4. The first-order chi connectivity index (χ1) is 13.5. The van der Waals surface area contributed by atoms with Crippen molar-refractivity contribution in [3.8, 4) is 17.2 Å². The Morgan fingerprint density at radius 3 is 2.29 bits per heavy atom. The van der Waals surface area contributed by atoms with Gasteiger partial charge in [-0.2, -0.15) is 0 Å². The molecule has 0 radical (unpaired) electrons. The largest absolute Gasteiger partial charge is 0.493 e. The smallest absolute Gasteiger partial charge is 0.343 e. The molecule has 1 saturated heterocycles. The van der Waals surface area contributed by atoms with E-state index in [0.717, 1.165) is 18.7 Å². The van der Waals surface area contributed by atoms with E-state index in [1.165, 1.54) is 14.2 Å². The second-order valence-corrected chi connectivity index (χ2v) is 6.80. The van der Waals surface area contributed by atoms with E-state index in [0.29, 0.717) is 40.3 Å². The van der Waals surface area contributed by atoms with Crippen LogP contribution in [-0.4, -0.2) is 56.4 Å². The summed E-state index contributed by atoms with van der Waals surface area (Å²) in [6.45, 7) is 2.78. The van der Waals surface area contributed by atoms with Crippen LogP contribution in [-0.2, 0) is 4.74 Å². The molecule has 0 unspecified atom stereocenters. The van der Waals surface area contributed by atoms with Crippen molar-refractivity contribution in [2.45, 2.75) is 0 Å². The third kappa shape index (κ3) is 4.55.